The van der Waals surface area contributed by atoms with Crippen LogP contribution in [-0.2, 0) is 9.53 Å². The minimum atomic E-state index is 0.0341. The van der Waals surface area contributed by atoms with Crippen LogP contribution in [0.4, 0.5) is 0 Å². The van der Waals surface area contributed by atoms with Crippen molar-refractivity contribution < 1.29 is 9.53 Å². The van der Waals surface area contributed by atoms with E-state index in [1.54, 1.807) is 0 Å². The molecule has 1 aromatic rings. The van der Waals surface area contributed by atoms with Crippen LogP contribution in [0.15, 0.2) is 30.3 Å². The van der Waals surface area contributed by atoms with Gasteiger partial charge in [0.2, 0.25) is 0 Å². The Kier molecular flexibility index (Phi) is 4.39. The molecule has 0 spiro atoms. The van der Waals surface area contributed by atoms with Gasteiger partial charge in [-0.1, -0.05) is 36.8 Å². The Morgan fingerprint density at radius 3 is 2.78 bits per heavy atom. The summed E-state index contributed by atoms with van der Waals surface area (Å²) in [5, 5.41) is 0. The minimum absolute atomic E-state index is 0.0341. The molecule has 2 heterocycles. The van der Waals surface area contributed by atoms with E-state index in [9.17, 15) is 4.79 Å². The predicted molar refractivity (Wildman–Crippen MR) is 90.2 cm³/mol. The Hall–Kier alpha value is -1.35. The van der Waals surface area contributed by atoms with E-state index in [0.29, 0.717) is 24.5 Å². The van der Waals surface area contributed by atoms with Gasteiger partial charge in [-0.25, -0.2) is 0 Å². The van der Waals surface area contributed by atoms with Crippen molar-refractivity contribution in [2.24, 2.45) is 11.8 Å². The number of hydrogen-bond acceptors (Lipinski definition) is 3. The zero-order chi connectivity index (χ0) is 15.6. The van der Waals surface area contributed by atoms with Crippen molar-refractivity contribution in [3.63, 3.8) is 0 Å². The SMILES string of the molecule is O=C(OCC1CCCN2CCCCC12)C1CC1c1ccccc1. The molecule has 3 nitrogen and oxygen atoms in total. The molecule has 124 valence electrons. The number of hydrogen-bond donors (Lipinski definition) is 0. The lowest BCUT2D eigenvalue weighted by Gasteiger charge is -2.44. The Balaban J connectivity index is 1.29. The van der Waals surface area contributed by atoms with Gasteiger partial charge in [0.1, 0.15) is 0 Å². The molecule has 3 aliphatic rings. The topological polar surface area (TPSA) is 29.5 Å². The first-order chi connectivity index (χ1) is 11.3. The van der Waals surface area contributed by atoms with Gasteiger partial charge in [-0.15, -0.1) is 0 Å². The van der Waals surface area contributed by atoms with Crippen molar-refractivity contribution in [1.82, 2.24) is 4.90 Å². The van der Waals surface area contributed by atoms with Gasteiger partial charge in [0, 0.05) is 12.0 Å². The van der Waals surface area contributed by atoms with Crippen LogP contribution < -0.4 is 0 Å². The number of fused-ring (bicyclic) bond motifs is 1. The number of carbonyl (C=O) groups excluding carboxylic acids is 1. The van der Waals surface area contributed by atoms with Gasteiger partial charge in [0.05, 0.1) is 12.5 Å². The molecule has 4 rings (SSSR count). The number of carbonyl (C=O) groups is 1. The normalized spacial score (nSPS) is 33.7. The molecule has 0 N–H and O–H groups in total. The average Bonchev–Trinajstić information content (AvgIpc) is 3.41. The number of piperidine rings is 2. The maximum atomic E-state index is 12.4. The fourth-order valence-electron chi connectivity index (χ4n) is 4.59. The molecular weight excluding hydrogens is 286 g/mol. The smallest absolute Gasteiger partial charge is 0.309 e. The summed E-state index contributed by atoms with van der Waals surface area (Å²) in [6, 6.07) is 11.0. The van der Waals surface area contributed by atoms with Crippen LogP contribution in [0.25, 0.3) is 0 Å². The summed E-state index contributed by atoms with van der Waals surface area (Å²) < 4.78 is 5.74. The summed E-state index contributed by atoms with van der Waals surface area (Å²) in [7, 11) is 0. The lowest BCUT2D eigenvalue weighted by atomic mass is 9.84. The van der Waals surface area contributed by atoms with Crippen molar-refractivity contribution in [2.45, 2.75) is 50.5 Å². The van der Waals surface area contributed by atoms with E-state index in [1.165, 1.54) is 50.8 Å². The summed E-state index contributed by atoms with van der Waals surface area (Å²) in [5.41, 5.74) is 1.28. The van der Waals surface area contributed by atoms with E-state index in [-0.39, 0.29) is 11.9 Å². The van der Waals surface area contributed by atoms with Crippen LogP contribution in [0.1, 0.15) is 50.0 Å². The van der Waals surface area contributed by atoms with E-state index in [4.69, 9.17) is 4.74 Å². The maximum absolute atomic E-state index is 12.4. The molecule has 0 radical (unpaired) electrons. The predicted octanol–water partition coefficient (Wildman–Crippen LogP) is 3.60. The van der Waals surface area contributed by atoms with E-state index in [0.717, 1.165) is 6.42 Å². The zero-order valence-electron chi connectivity index (χ0n) is 13.8. The van der Waals surface area contributed by atoms with Crippen molar-refractivity contribution in [1.29, 1.82) is 0 Å². The van der Waals surface area contributed by atoms with Gasteiger partial charge in [0.25, 0.3) is 0 Å². The average molecular weight is 313 g/mol. The highest BCUT2D eigenvalue weighted by molar-refractivity contribution is 5.77. The van der Waals surface area contributed by atoms with Gasteiger partial charge in [-0.2, -0.15) is 0 Å². The Labute approximate surface area is 139 Å². The molecule has 3 heteroatoms. The van der Waals surface area contributed by atoms with Crippen LogP contribution in [0.2, 0.25) is 0 Å². The van der Waals surface area contributed by atoms with Gasteiger partial charge in [0.15, 0.2) is 0 Å². The molecule has 1 saturated carbocycles. The number of nitrogens with zero attached hydrogens (tertiary/aromatic N) is 1. The highest BCUT2D eigenvalue weighted by atomic mass is 16.5. The Morgan fingerprint density at radius 2 is 1.91 bits per heavy atom. The second-order valence-electron chi connectivity index (χ2n) is 7.49. The first-order valence-corrected chi connectivity index (χ1v) is 9.28. The Bertz CT molecular complexity index is 542. The lowest BCUT2D eigenvalue weighted by Crippen LogP contribution is -2.49. The molecule has 0 bridgehead atoms. The third-order valence-electron chi connectivity index (χ3n) is 5.99. The first kappa shape index (κ1) is 15.2. The molecule has 3 fully saturated rings. The standard InChI is InChI=1S/C20H27NO2/c22-20(18-13-17(18)15-7-2-1-3-8-15)23-14-16-9-6-12-21-11-5-4-10-19(16)21/h1-3,7-8,16-19H,4-6,9-14H2. The zero-order valence-corrected chi connectivity index (χ0v) is 13.8. The van der Waals surface area contributed by atoms with Crippen molar-refractivity contribution >= 4 is 5.97 Å². The summed E-state index contributed by atoms with van der Waals surface area (Å²) in [5.74, 6) is 1.08. The Morgan fingerprint density at radius 1 is 1.09 bits per heavy atom. The van der Waals surface area contributed by atoms with Crippen LogP contribution in [0.3, 0.4) is 0 Å². The van der Waals surface area contributed by atoms with Crippen LogP contribution in [0, 0.1) is 11.8 Å². The molecular formula is C20H27NO2. The summed E-state index contributed by atoms with van der Waals surface area (Å²) in [4.78, 5) is 15.0. The minimum Gasteiger partial charge on any atom is -0.465 e. The third-order valence-corrected chi connectivity index (χ3v) is 5.99. The third kappa shape index (κ3) is 3.30. The fraction of sp³-hybridized carbons (Fsp3) is 0.650. The van der Waals surface area contributed by atoms with Crippen molar-refractivity contribution in [3.05, 3.63) is 35.9 Å². The first-order valence-electron chi connectivity index (χ1n) is 9.28. The summed E-state index contributed by atoms with van der Waals surface area (Å²) >= 11 is 0. The second kappa shape index (κ2) is 6.64. The lowest BCUT2D eigenvalue weighted by molar-refractivity contribution is -0.148. The number of benzene rings is 1. The summed E-state index contributed by atoms with van der Waals surface area (Å²) in [6.07, 6.45) is 7.41. The molecule has 1 aromatic carbocycles. The quantitative estimate of drug-likeness (QED) is 0.796. The molecule has 2 saturated heterocycles. The molecule has 1 aliphatic carbocycles. The van der Waals surface area contributed by atoms with Crippen LogP contribution in [0.5, 0.6) is 0 Å². The van der Waals surface area contributed by atoms with Crippen LogP contribution >= 0.6 is 0 Å². The molecule has 0 amide bonds. The van der Waals surface area contributed by atoms with E-state index < -0.39 is 0 Å². The largest absolute Gasteiger partial charge is 0.465 e. The van der Waals surface area contributed by atoms with Crippen molar-refractivity contribution in [3.8, 4) is 0 Å². The number of ether oxygens (including phenoxy) is 1. The van der Waals surface area contributed by atoms with Gasteiger partial charge < -0.3 is 4.74 Å². The monoisotopic (exact) mass is 313 g/mol. The molecule has 4 atom stereocenters. The maximum Gasteiger partial charge on any atom is 0.309 e. The van der Waals surface area contributed by atoms with Gasteiger partial charge >= 0.3 is 5.97 Å². The molecule has 2 aliphatic heterocycles. The second-order valence-corrected chi connectivity index (χ2v) is 7.49. The molecule has 23 heavy (non-hydrogen) atoms. The van der Waals surface area contributed by atoms with Gasteiger partial charge in [-0.3, -0.25) is 9.69 Å². The molecule has 0 aromatic heterocycles. The van der Waals surface area contributed by atoms with E-state index in [1.807, 2.05) is 6.07 Å². The number of rotatable bonds is 4. The highest BCUT2D eigenvalue weighted by Gasteiger charge is 2.45. The highest BCUT2D eigenvalue weighted by Crippen LogP contribution is 2.48. The van der Waals surface area contributed by atoms with Crippen molar-refractivity contribution in [2.75, 3.05) is 19.7 Å². The van der Waals surface area contributed by atoms with Gasteiger partial charge in [-0.05, 0) is 56.7 Å². The molecule has 4 unspecified atom stereocenters. The fourth-order valence-corrected chi connectivity index (χ4v) is 4.59. The van der Waals surface area contributed by atoms with E-state index >= 15 is 0 Å². The van der Waals surface area contributed by atoms with E-state index in [2.05, 4.69) is 29.2 Å². The van der Waals surface area contributed by atoms with Crippen LogP contribution in [-0.4, -0.2) is 36.6 Å². The number of esters is 1. The summed E-state index contributed by atoms with van der Waals surface area (Å²) in [6.45, 7) is 3.12.